The number of carbonyl (C=O) groups excluding carboxylic acids is 1. The minimum Gasteiger partial charge on any atom is -0.484 e. The Morgan fingerprint density at radius 2 is 1.92 bits per heavy atom. The SMILES string of the molecule is Cc1cc(OCC(=O)N(C)C(C)c2ccc(F)cc2)ccc1[N+](=O)[O-]. The third kappa shape index (κ3) is 4.53. The second-order valence-electron chi connectivity index (χ2n) is 5.73. The second-order valence-corrected chi connectivity index (χ2v) is 5.73. The molecule has 132 valence electrons. The summed E-state index contributed by atoms with van der Waals surface area (Å²) in [5, 5.41) is 10.8. The number of amides is 1. The fraction of sp³-hybridized carbons (Fsp3) is 0.278. The second kappa shape index (κ2) is 7.74. The van der Waals surface area contributed by atoms with E-state index in [1.807, 2.05) is 6.92 Å². The van der Waals surface area contributed by atoms with E-state index in [0.29, 0.717) is 11.3 Å². The van der Waals surface area contributed by atoms with Crippen molar-refractivity contribution in [3.05, 3.63) is 69.5 Å². The Hall–Kier alpha value is -2.96. The Morgan fingerprint density at radius 1 is 1.28 bits per heavy atom. The molecule has 1 atom stereocenters. The highest BCUT2D eigenvalue weighted by Gasteiger charge is 2.18. The largest absolute Gasteiger partial charge is 0.484 e. The summed E-state index contributed by atoms with van der Waals surface area (Å²) in [5.74, 6) is -0.200. The third-order valence-electron chi connectivity index (χ3n) is 4.05. The van der Waals surface area contributed by atoms with Crippen LogP contribution in [0.25, 0.3) is 0 Å². The normalized spacial score (nSPS) is 11.7. The van der Waals surface area contributed by atoms with Gasteiger partial charge in [-0.1, -0.05) is 12.1 Å². The fourth-order valence-corrected chi connectivity index (χ4v) is 2.35. The van der Waals surface area contributed by atoms with Crippen LogP contribution in [0.2, 0.25) is 0 Å². The summed E-state index contributed by atoms with van der Waals surface area (Å²) in [7, 11) is 1.64. The zero-order valence-electron chi connectivity index (χ0n) is 14.2. The highest BCUT2D eigenvalue weighted by Crippen LogP contribution is 2.23. The van der Waals surface area contributed by atoms with Crippen LogP contribution in [0.1, 0.15) is 24.1 Å². The molecule has 0 saturated carbocycles. The summed E-state index contributed by atoms with van der Waals surface area (Å²) < 4.78 is 18.4. The standard InChI is InChI=1S/C18H19FN2O4/c1-12-10-16(8-9-17(12)21(23)24)25-11-18(22)20(3)13(2)14-4-6-15(19)7-5-14/h4-10,13H,11H2,1-3H3. The van der Waals surface area contributed by atoms with E-state index in [1.165, 1.54) is 35.2 Å². The van der Waals surface area contributed by atoms with Crippen molar-refractivity contribution in [1.82, 2.24) is 4.90 Å². The van der Waals surface area contributed by atoms with Gasteiger partial charge in [-0.05, 0) is 43.7 Å². The van der Waals surface area contributed by atoms with Crippen molar-refractivity contribution in [2.45, 2.75) is 19.9 Å². The molecule has 0 N–H and O–H groups in total. The first-order chi connectivity index (χ1) is 11.8. The Kier molecular flexibility index (Phi) is 5.69. The molecule has 2 aromatic rings. The average molecular weight is 346 g/mol. The highest BCUT2D eigenvalue weighted by atomic mass is 19.1. The maximum absolute atomic E-state index is 13.0. The third-order valence-corrected chi connectivity index (χ3v) is 4.05. The number of hydrogen-bond acceptors (Lipinski definition) is 4. The van der Waals surface area contributed by atoms with Crippen molar-refractivity contribution in [2.75, 3.05) is 13.7 Å². The Balaban J connectivity index is 1.98. The molecule has 2 aromatic carbocycles. The average Bonchev–Trinajstić information content (AvgIpc) is 2.58. The summed E-state index contributed by atoms with van der Waals surface area (Å²) in [6, 6.07) is 10.0. The van der Waals surface area contributed by atoms with Gasteiger partial charge in [0, 0.05) is 18.7 Å². The van der Waals surface area contributed by atoms with Crippen LogP contribution >= 0.6 is 0 Å². The van der Waals surface area contributed by atoms with Crippen molar-refractivity contribution in [3.8, 4) is 5.75 Å². The van der Waals surface area contributed by atoms with E-state index in [2.05, 4.69) is 0 Å². The smallest absolute Gasteiger partial charge is 0.272 e. The number of benzene rings is 2. The number of hydrogen-bond donors (Lipinski definition) is 0. The molecule has 25 heavy (non-hydrogen) atoms. The van der Waals surface area contributed by atoms with E-state index in [4.69, 9.17) is 4.74 Å². The number of ether oxygens (including phenoxy) is 1. The summed E-state index contributed by atoms with van der Waals surface area (Å²) >= 11 is 0. The lowest BCUT2D eigenvalue weighted by Crippen LogP contribution is -2.33. The summed E-state index contributed by atoms with van der Waals surface area (Å²) in [6.45, 7) is 3.25. The molecule has 1 amide bonds. The topological polar surface area (TPSA) is 72.7 Å². The molecule has 0 aliphatic heterocycles. The summed E-state index contributed by atoms with van der Waals surface area (Å²) in [4.78, 5) is 24.1. The number of halogens is 1. The zero-order chi connectivity index (χ0) is 18.6. The number of likely N-dealkylation sites (N-methyl/N-ethyl adjacent to an activating group) is 1. The van der Waals surface area contributed by atoms with Crippen LogP contribution in [0.15, 0.2) is 42.5 Å². The Morgan fingerprint density at radius 3 is 2.48 bits per heavy atom. The van der Waals surface area contributed by atoms with Crippen molar-refractivity contribution in [2.24, 2.45) is 0 Å². The van der Waals surface area contributed by atoms with Crippen molar-refractivity contribution < 1.29 is 18.8 Å². The molecule has 0 heterocycles. The maximum atomic E-state index is 13.0. The molecule has 0 aliphatic carbocycles. The monoisotopic (exact) mass is 346 g/mol. The van der Waals surface area contributed by atoms with Gasteiger partial charge >= 0.3 is 0 Å². The minimum absolute atomic E-state index is 0.000673. The lowest BCUT2D eigenvalue weighted by Gasteiger charge is -2.25. The Labute approximate surface area is 145 Å². The molecule has 7 heteroatoms. The van der Waals surface area contributed by atoms with Crippen LogP contribution in [0.4, 0.5) is 10.1 Å². The van der Waals surface area contributed by atoms with Gasteiger partial charge in [-0.3, -0.25) is 14.9 Å². The van der Waals surface area contributed by atoms with E-state index >= 15 is 0 Å². The zero-order valence-corrected chi connectivity index (χ0v) is 14.2. The van der Waals surface area contributed by atoms with Crippen LogP contribution in [0, 0.1) is 22.9 Å². The van der Waals surface area contributed by atoms with Crippen molar-refractivity contribution >= 4 is 11.6 Å². The molecule has 0 spiro atoms. The predicted molar refractivity (Wildman–Crippen MR) is 90.9 cm³/mol. The molecule has 0 bridgehead atoms. The van der Waals surface area contributed by atoms with Gasteiger partial charge in [0.15, 0.2) is 6.61 Å². The molecule has 6 nitrogen and oxygen atoms in total. The van der Waals surface area contributed by atoms with E-state index in [9.17, 15) is 19.3 Å². The quantitative estimate of drug-likeness (QED) is 0.591. The number of carbonyl (C=O) groups is 1. The summed E-state index contributed by atoms with van der Waals surface area (Å²) in [5.41, 5.74) is 1.27. The maximum Gasteiger partial charge on any atom is 0.272 e. The molecular weight excluding hydrogens is 327 g/mol. The van der Waals surface area contributed by atoms with E-state index < -0.39 is 4.92 Å². The molecule has 0 fully saturated rings. The van der Waals surface area contributed by atoms with Gasteiger partial charge in [-0.25, -0.2) is 4.39 Å². The van der Waals surface area contributed by atoms with Crippen LogP contribution in [-0.4, -0.2) is 29.4 Å². The van der Waals surface area contributed by atoms with Crippen molar-refractivity contribution in [1.29, 1.82) is 0 Å². The van der Waals surface area contributed by atoms with E-state index in [-0.39, 0.29) is 30.1 Å². The molecule has 0 aromatic heterocycles. The Bertz CT molecular complexity index is 777. The number of nitro benzene ring substituents is 1. The van der Waals surface area contributed by atoms with Gasteiger partial charge in [0.2, 0.25) is 0 Å². The summed E-state index contributed by atoms with van der Waals surface area (Å²) in [6.07, 6.45) is 0. The first-order valence-corrected chi connectivity index (χ1v) is 7.68. The lowest BCUT2D eigenvalue weighted by molar-refractivity contribution is -0.385. The molecule has 0 radical (unpaired) electrons. The van der Waals surface area contributed by atoms with Gasteiger partial charge in [0.05, 0.1) is 11.0 Å². The van der Waals surface area contributed by atoms with Crippen molar-refractivity contribution in [3.63, 3.8) is 0 Å². The number of aryl methyl sites for hydroxylation is 1. The van der Waals surface area contributed by atoms with E-state index in [0.717, 1.165) is 5.56 Å². The fourth-order valence-electron chi connectivity index (χ4n) is 2.35. The van der Waals surface area contributed by atoms with Gasteiger partial charge in [0.1, 0.15) is 11.6 Å². The molecule has 1 unspecified atom stereocenters. The van der Waals surface area contributed by atoms with E-state index in [1.54, 1.807) is 26.1 Å². The van der Waals surface area contributed by atoms with Gasteiger partial charge in [-0.15, -0.1) is 0 Å². The predicted octanol–water partition coefficient (Wildman–Crippen LogP) is 3.64. The van der Waals surface area contributed by atoms with Crippen LogP contribution in [0.3, 0.4) is 0 Å². The molecule has 0 saturated heterocycles. The van der Waals surface area contributed by atoms with Crippen LogP contribution < -0.4 is 4.74 Å². The minimum atomic E-state index is -0.470. The first-order valence-electron chi connectivity index (χ1n) is 7.68. The molecular formula is C18H19FN2O4. The molecule has 2 rings (SSSR count). The van der Waals surface area contributed by atoms with Crippen LogP contribution in [0.5, 0.6) is 5.75 Å². The number of nitro groups is 1. The highest BCUT2D eigenvalue weighted by molar-refractivity contribution is 5.78. The van der Waals surface area contributed by atoms with Gasteiger partial charge in [0.25, 0.3) is 11.6 Å². The van der Waals surface area contributed by atoms with Crippen LogP contribution in [-0.2, 0) is 4.79 Å². The molecule has 0 aliphatic rings. The first kappa shape index (κ1) is 18.4. The van der Waals surface area contributed by atoms with Gasteiger partial charge in [-0.2, -0.15) is 0 Å². The lowest BCUT2D eigenvalue weighted by atomic mass is 10.1. The van der Waals surface area contributed by atoms with Gasteiger partial charge < -0.3 is 9.64 Å². The number of nitrogens with zero attached hydrogens (tertiary/aromatic N) is 2. The number of rotatable bonds is 6.